The molecule has 90 valence electrons. The standard InChI is InChI=1S/C9H8ClN3O2S2/c1-4-2-16-7(6(4)10)8-11-9(13-12-8)17-3-5(14)15/h2H,3H2,1H3,(H,14,15)(H,11,12,13). The number of aromatic nitrogens is 3. The SMILES string of the molecule is Cc1csc(-c2nc(SCC(=O)O)n[nH]2)c1Cl. The molecular weight excluding hydrogens is 282 g/mol. The van der Waals surface area contributed by atoms with Gasteiger partial charge in [0.15, 0.2) is 5.82 Å². The van der Waals surface area contributed by atoms with Gasteiger partial charge in [-0.25, -0.2) is 4.98 Å². The van der Waals surface area contributed by atoms with Crippen LogP contribution >= 0.6 is 34.7 Å². The Morgan fingerprint density at radius 3 is 3.06 bits per heavy atom. The van der Waals surface area contributed by atoms with Crippen molar-refractivity contribution < 1.29 is 9.90 Å². The van der Waals surface area contributed by atoms with E-state index in [-0.39, 0.29) is 5.75 Å². The molecular formula is C9H8ClN3O2S2. The number of H-pyrrole nitrogens is 1. The fraction of sp³-hybridized carbons (Fsp3) is 0.222. The summed E-state index contributed by atoms with van der Waals surface area (Å²) in [5.41, 5.74) is 0.989. The van der Waals surface area contributed by atoms with E-state index in [1.54, 1.807) is 0 Å². The Morgan fingerprint density at radius 2 is 2.47 bits per heavy atom. The van der Waals surface area contributed by atoms with Crippen molar-refractivity contribution in [2.24, 2.45) is 0 Å². The zero-order chi connectivity index (χ0) is 12.4. The van der Waals surface area contributed by atoms with E-state index in [0.717, 1.165) is 22.2 Å². The van der Waals surface area contributed by atoms with Gasteiger partial charge in [0.25, 0.3) is 0 Å². The number of rotatable bonds is 4. The molecule has 0 radical (unpaired) electrons. The van der Waals surface area contributed by atoms with Crippen molar-refractivity contribution in [1.82, 2.24) is 15.2 Å². The number of carboxylic acids is 1. The Hall–Kier alpha value is -1.05. The van der Waals surface area contributed by atoms with Gasteiger partial charge < -0.3 is 5.11 Å². The predicted octanol–water partition coefficient (Wildman–Crippen LogP) is 2.67. The lowest BCUT2D eigenvalue weighted by molar-refractivity contribution is -0.133. The van der Waals surface area contributed by atoms with Crippen LogP contribution in [0.1, 0.15) is 5.56 Å². The molecule has 0 fully saturated rings. The lowest BCUT2D eigenvalue weighted by Gasteiger charge is -1.91. The van der Waals surface area contributed by atoms with Crippen LogP contribution in [0.25, 0.3) is 10.7 Å². The smallest absolute Gasteiger partial charge is 0.313 e. The number of thioether (sulfide) groups is 1. The molecule has 0 bridgehead atoms. The van der Waals surface area contributed by atoms with E-state index in [1.807, 2.05) is 12.3 Å². The summed E-state index contributed by atoms with van der Waals surface area (Å²) >= 11 is 8.64. The Morgan fingerprint density at radius 1 is 1.71 bits per heavy atom. The summed E-state index contributed by atoms with van der Waals surface area (Å²) < 4.78 is 0. The van der Waals surface area contributed by atoms with Crippen molar-refractivity contribution >= 4 is 40.7 Å². The first-order valence-corrected chi connectivity index (χ1v) is 6.83. The average molecular weight is 290 g/mol. The minimum Gasteiger partial charge on any atom is -0.481 e. The van der Waals surface area contributed by atoms with Crippen LogP contribution in [-0.2, 0) is 4.79 Å². The number of carbonyl (C=O) groups is 1. The van der Waals surface area contributed by atoms with Crippen molar-refractivity contribution in [2.75, 3.05) is 5.75 Å². The number of aliphatic carboxylic acids is 1. The van der Waals surface area contributed by atoms with Crippen molar-refractivity contribution in [3.05, 3.63) is 16.0 Å². The van der Waals surface area contributed by atoms with Gasteiger partial charge in [0.05, 0.1) is 15.7 Å². The molecule has 2 aromatic rings. The van der Waals surface area contributed by atoms with Gasteiger partial charge in [0, 0.05) is 0 Å². The summed E-state index contributed by atoms with van der Waals surface area (Å²) in [6.07, 6.45) is 0. The normalized spacial score (nSPS) is 10.7. The maximum atomic E-state index is 10.4. The van der Waals surface area contributed by atoms with Crippen molar-refractivity contribution in [3.63, 3.8) is 0 Å². The van der Waals surface area contributed by atoms with Gasteiger partial charge in [-0.1, -0.05) is 23.4 Å². The Balaban J connectivity index is 2.18. The summed E-state index contributed by atoms with van der Waals surface area (Å²) in [5.74, 6) is -0.388. The number of hydrogen-bond donors (Lipinski definition) is 2. The second-order valence-corrected chi connectivity index (χ2v) is 5.41. The first-order chi connectivity index (χ1) is 8.08. The van der Waals surface area contributed by atoms with Crippen molar-refractivity contribution in [3.8, 4) is 10.7 Å². The molecule has 0 saturated heterocycles. The topological polar surface area (TPSA) is 78.9 Å². The number of thiophene rings is 1. The molecule has 2 heterocycles. The number of nitrogens with one attached hydrogen (secondary N) is 1. The third-order valence-corrected chi connectivity index (χ3v) is 4.44. The lowest BCUT2D eigenvalue weighted by atomic mass is 10.3. The number of hydrogen-bond acceptors (Lipinski definition) is 5. The first kappa shape index (κ1) is 12.4. The highest BCUT2D eigenvalue weighted by Gasteiger charge is 2.13. The molecule has 0 aliphatic rings. The van der Waals surface area contributed by atoms with E-state index in [0.29, 0.717) is 16.0 Å². The monoisotopic (exact) mass is 289 g/mol. The zero-order valence-electron chi connectivity index (χ0n) is 8.73. The number of nitrogens with zero attached hydrogens (tertiary/aromatic N) is 2. The third-order valence-electron chi connectivity index (χ3n) is 1.90. The number of halogens is 1. The fourth-order valence-corrected chi connectivity index (χ4v) is 2.87. The molecule has 0 saturated carbocycles. The number of aryl methyl sites for hydroxylation is 1. The molecule has 2 rings (SSSR count). The molecule has 2 aromatic heterocycles. The van der Waals surface area contributed by atoms with Gasteiger partial charge in [-0.3, -0.25) is 9.89 Å². The van der Waals surface area contributed by atoms with Gasteiger partial charge in [0.1, 0.15) is 0 Å². The van der Waals surface area contributed by atoms with Crippen LogP contribution in [0.2, 0.25) is 5.02 Å². The summed E-state index contributed by atoms with van der Waals surface area (Å²) in [6.45, 7) is 1.92. The fourth-order valence-electron chi connectivity index (χ4n) is 1.13. The van der Waals surface area contributed by atoms with Crippen LogP contribution in [0.15, 0.2) is 10.5 Å². The zero-order valence-corrected chi connectivity index (χ0v) is 11.1. The summed E-state index contributed by atoms with van der Waals surface area (Å²) in [5, 5.41) is 18.2. The van der Waals surface area contributed by atoms with Crippen molar-refractivity contribution in [2.45, 2.75) is 12.1 Å². The highest BCUT2D eigenvalue weighted by Crippen LogP contribution is 2.34. The quantitative estimate of drug-likeness (QED) is 0.846. The van der Waals surface area contributed by atoms with Crippen LogP contribution < -0.4 is 0 Å². The molecule has 17 heavy (non-hydrogen) atoms. The molecule has 5 nitrogen and oxygen atoms in total. The van der Waals surface area contributed by atoms with E-state index < -0.39 is 5.97 Å². The first-order valence-electron chi connectivity index (χ1n) is 4.59. The van der Waals surface area contributed by atoms with Gasteiger partial charge >= 0.3 is 5.97 Å². The molecule has 2 N–H and O–H groups in total. The molecule has 0 amide bonds. The highest BCUT2D eigenvalue weighted by atomic mass is 35.5. The Kier molecular flexibility index (Phi) is 3.70. The molecule has 8 heteroatoms. The highest BCUT2D eigenvalue weighted by molar-refractivity contribution is 7.99. The molecule has 0 aliphatic carbocycles. The van der Waals surface area contributed by atoms with Gasteiger partial charge in [-0.2, -0.15) is 0 Å². The average Bonchev–Trinajstić information content (AvgIpc) is 2.85. The Bertz CT molecular complexity index is 552. The minimum atomic E-state index is -0.897. The van der Waals surface area contributed by atoms with Crippen LogP contribution in [0.3, 0.4) is 0 Å². The number of carboxylic acid groups (broad SMARTS) is 1. The largest absolute Gasteiger partial charge is 0.481 e. The van der Waals surface area contributed by atoms with Crippen LogP contribution in [0.4, 0.5) is 0 Å². The summed E-state index contributed by atoms with van der Waals surface area (Å²) in [4.78, 5) is 15.4. The van der Waals surface area contributed by atoms with Crippen LogP contribution in [0, 0.1) is 6.92 Å². The molecule has 0 aliphatic heterocycles. The molecule has 0 atom stereocenters. The maximum absolute atomic E-state index is 10.4. The molecule has 0 unspecified atom stereocenters. The van der Waals surface area contributed by atoms with E-state index in [9.17, 15) is 4.79 Å². The maximum Gasteiger partial charge on any atom is 0.313 e. The third kappa shape index (κ3) is 2.80. The van der Waals surface area contributed by atoms with E-state index in [1.165, 1.54) is 11.3 Å². The van der Waals surface area contributed by atoms with Gasteiger partial charge in [-0.05, 0) is 17.9 Å². The minimum absolute atomic E-state index is 0.0610. The van der Waals surface area contributed by atoms with Gasteiger partial charge in [0.2, 0.25) is 5.16 Å². The second kappa shape index (κ2) is 5.07. The Labute approximate surface area is 110 Å². The van der Waals surface area contributed by atoms with E-state index in [4.69, 9.17) is 16.7 Å². The van der Waals surface area contributed by atoms with Crippen LogP contribution in [-0.4, -0.2) is 32.0 Å². The van der Waals surface area contributed by atoms with Crippen molar-refractivity contribution in [1.29, 1.82) is 0 Å². The molecule has 0 aromatic carbocycles. The summed E-state index contributed by atoms with van der Waals surface area (Å²) in [6, 6.07) is 0. The summed E-state index contributed by atoms with van der Waals surface area (Å²) in [7, 11) is 0. The van der Waals surface area contributed by atoms with E-state index in [2.05, 4.69) is 15.2 Å². The predicted molar refractivity (Wildman–Crippen MR) is 67.8 cm³/mol. The second-order valence-electron chi connectivity index (χ2n) is 3.21. The number of aromatic amines is 1. The van der Waals surface area contributed by atoms with Crippen LogP contribution in [0.5, 0.6) is 0 Å². The van der Waals surface area contributed by atoms with E-state index >= 15 is 0 Å². The lowest BCUT2D eigenvalue weighted by Crippen LogP contribution is -1.97. The molecule has 0 spiro atoms. The van der Waals surface area contributed by atoms with Gasteiger partial charge in [-0.15, -0.1) is 16.4 Å².